The zero-order valence-electron chi connectivity index (χ0n) is 12.4. The van der Waals surface area contributed by atoms with Crippen LogP contribution in [0, 0.1) is 5.92 Å². The van der Waals surface area contributed by atoms with Crippen molar-refractivity contribution < 1.29 is 14.7 Å². The van der Waals surface area contributed by atoms with Gasteiger partial charge < -0.3 is 14.9 Å². The number of carboxylic acid groups (broad SMARTS) is 1. The highest BCUT2D eigenvalue weighted by atomic mass is 32.2. The maximum absolute atomic E-state index is 12.6. The molecule has 2 aliphatic heterocycles. The molecule has 5 nitrogen and oxygen atoms in total. The third-order valence-corrected chi connectivity index (χ3v) is 5.31. The average molecular weight is 300 g/mol. The molecule has 2 saturated heterocycles. The van der Waals surface area contributed by atoms with E-state index >= 15 is 0 Å². The predicted octanol–water partition coefficient (Wildman–Crippen LogP) is 2.12. The van der Waals surface area contributed by atoms with Crippen molar-refractivity contribution >= 4 is 23.8 Å². The third-order valence-electron chi connectivity index (χ3n) is 4.09. The van der Waals surface area contributed by atoms with Gasteiger partial charge in [-0.1, -0.05) is 20.8 Å². The van der Waals surface area contributed by atoms with Crippen LogP contribution in [0.25, 0.3) is 0 Å². The van der Waals surface area contributed by atoms with Crippen molar-refractivity contribution in [2.24, 2.45) is 5.92 Å². The monoisotopic (exact) mass is 300 g/mol. The molecular formula is C14H24N2O3S. The van der Waals surface area contributed by atoms with E-state index in [9.17, 15) is 14.7 Å². The SMILES string of the molecule is CC1CCN(C(=O)N2CC(C)SC(C)C2)C(C(=O)O)C1. The van der Waals surface area contributed by atoms with Crippen molar-refractivity contribution in [3.63, 3.8) is 0 Å². The van der Waals surface area contributed by atoms with E-state index < -0.39 is 12.0 Å². The number of carbonyl (C=O) groups excluding carboxylic acids is 1. The number of carbonyl (C=O) groups is 2. The summed E-state index contributed by atoms with van der Waals surface area (Å²) in [5.41, 5.74) is 0. The van der Waals surface area contributed by atoms with Gasteiger partial charge in [0.1, 0.15) is 6.04 Å². The van der Waals surface area contributed by atoms with E-state index in [1.54, 1.807) is 4.90 Å². The number of urea groups is 1. The summed E-state index contributed by atoms with van der Waals surface area (Å²) in [5, 5.41) is 10.2. The van der Waals surface area contributed by atoms with Crippen molar-refractivity contribution in [3.05, 3.63) is 0 Å². The molecule has 0 bridgehead atoms. The summed E-state index contributed by atoms with van der Waals surface area (Å²) in [6, 6.07) is -0.755. The maximum Gasteiger partial charge on any atom is 0.326 e. The molecule has 2 aliphatic rings. The number of amides is 2. The number of hydrogen-bond acceptors (Lipinski definition) is 3. The summed E-state index contributed by atoms with van der Waals surface area (Å²) in [7, 11) is 0. The van der Waals surface area contributed by atoms with Crippen LogP contribution in [-0.4, -0.2) is 63.1 Å². The van der Waals surface area contributed by atoms with Gasteiger partial charge in [-0.25, -0.2) is 9.59 Å². The highest BCUT2D eigenvalue weighted by molar-refractivity contribution is 8.00. The van der Waals surface area contributed by atoms with Gasteiger partial charge in [0.05, 0.1) is 0 Å². The summed E-state index contributed by atoms with van der Waals surface area (Å²) in [6.45, 7) is 8.28. The molecule has 4 atom stereocenters. The maximum atomic E-state index is 12.6. The second-order valence-corrected chi connectivity index (χ2v) is 8.00. The lowest BCUT2D eigenvalue weighted by molar-refractivity contribution is -0.144. The largest absolute Gasteiger partial charge is 0.480 e. The van der Waals surface area contributed by atoms with Crippen molar-refractivity contribution in [1.82, 2.24) is 9.80 Å². The first-order valence-electron chi connectivity index (χ1n) is 7.32. The molecule has 114 valence electrons. The first-order valence-corrected chi connectivity index (χ1v) is 8.26. The van der Waals surface area contributed by atoms with Crippen molar-refractivity contribution in [2.45, 2.75) is 50.2 Å². The smallest absolute Gasteiger partial charge is 0.326 e. The van der Waals surface area contributed by atoms with Gasteiger partial charge in [-0.2, -0.15) is 11.8 Å². The lowest BCUT2D eigenvalue weighted by Crippen LogP contribution is -2.57. The van der Waals surface area contributed by atoms with Gasteiger partial charge >= 0.3 is 12.0 Å². The zero-order chi connectivity index (χ0) is 14.9. The minimum absolute atomic E-state index is 0.0942. The number of thioether (sulfide) groups is 1. The number of nitrogens with zero attached hydrogens (tertiary/aromatic N) is 2. The quantitative estimate of drug-likeness (QED) is 0.806. The molecule has 2 fully saturated rings. The summed E-state index contributed by atoms with van der Waals surface area (Å²) in [6.07, 6.45) is 1.46. The minimum Gasteiger partial charge on any atom is -0.480 e. The summed E-state index contributed by atoms with van der Waals surface area (Å²) in [4.78, 5) is 27.5. The van der Waals surface area contributed by atoms with Crippen LogP contribution in [0.5, 0.6) is 0 Å². The number of likely N-dealkylation sites (tertiary alicyclic amines) is 1. The van der Waals surface area contributed by atoms with E-state index in [2.05, 4.69) is 20.8 Å². The summed E-state index contributed by atoms with van der Waals surface area (Å²) in [5.74, 6) is -0.507. The lowest BCUT2D eigenvalue weighted by Gasteiger charge is -2.42. The van der Waals surface area contributed by atoms with Crippen molar-refractivity contribution in [2.75, 3.05) is 19.6 Å². The second-order valence-electron chi connectivity index (χ2n) is 6.12. The molecule has 0 aliphatic carbocycles. The van der Waals surface area contributed by atoms with Gasteiger partial charge in [0.15, 0.2) is 0 Å². The fraction of sp³-hybridized carbons (Fsp3) is 0.857. The third kappa shape index (κ3) is 3.40. The lowest BCUT2D eigenvalue weighted by atomic mass is 9.92. The van der Waals surface area contributed by atoms with E-state index in [0.29, 0.717) is 42.5 Å². The molecule has 2 rings (SSSR count). The molecular weight excluding hydrogens is 276 g/mol. The van der Waals surface area contributed by atoms with Crippen LogP contribution in [0.1, 0.15) is 33.6 Å². The first-order chi connectivity index (χ1) is 9.38. The van der Waals surface area contributed by atoms with Crippen LogP contribution in [0.15, 0.2) is 0 Å². The van der Waals surface area contributed by atoms with Crippen molar-refractivity contribution in [1.29, 1.82) is 0 Å². The van der Waals surface area contributed by atoms with Crippen LogP contribution in [0.4, 0.5) is 4.79 Å². The Bertz CT molecular complexity index is 381. The van der Waals surface area contributed by atoms with E-state index in [0.717, 1.165) is 6.42 Å². The number of carboxylic acids is 1. The first kappa shape index (κ1) is 15.5. The molecule has 4 unspecified atom stereocenters. The molecule has 2 amide bonds. The van der Waals surface area contributed by atoms with Gasteiger partial charge in [-0.3, -0.25) is 0 Å². The Morgan fingerprint density at radius 1 is 1.15 bits per heavy atom. The van der Waals surface area contributed by atoms with Crippen LogP contribution in [-0.2, 0) is 4.79 Å². The van der Waals surface area contributed by atoms with E-state index in [1.165, 1.54) is 0 Å². The van der Waals surface area contributed by atoms with Crippen LogP contribution in [0.2, 0.25) is 0 Å². The molecule has 1 N–H and O–H groups in total. The minimum atomic E-state index is -0.877. The van der Waals surface area contributed by atoms with Crippen LogP contribution >= 0.6 is 11.8 Å². The molecule has 0 radical (unpaired) electrons. The van der Waals surface area contributed by atoms with Gasteiger partial charge in [-0.15, -0.1) is 0 Å². The number of piperidine rings is 1. The molecule has 0 aromatic heterocycles. The molecule has 0 saturated carbocycles. The molecule has 0 aromatic carbocycles. The standard InChI is InChI=1S/C14H24N2O3S/c1-9-4-5-16(12(6-9)13(17)18)14(19)15-7-10(2)20-11(3)8-15/h9-12H,4-8H2,1-3H3,(H,17,18). The van der Waals surface area contributed by atoms with Crippen LogP contribution in [0.3, 0.4) is 0 Å². The Morgan fingerprint density at radius 3 is 2.30 bits per heavy atom. The molecule has 0 spiro atoms. The summed E-state index contributed by atoms with van der Waals surface area (Å²) < 4.78 is 0. The van der Waals surface area contributed by atoms with Crippen molar-refractivity contribution in [3.8, 4) is 0 Å². The normalized spacial score (nSPS) is 35.0. The van der Waals surface area contributed by atoms with Gasteiger partial charge in [0.2, 0.25) is 0 Å². The molecule has 20 heavy (non-hydrogen) atoms. The van der Waals surface area contributed by atoms with Gasteiger partial charge in [0, 0.05) is 30.1 Å². The Hall–Kier alpha value is -0.910. The number of rotatable bonds is 1. The predicted molar refractivity (Wildman–Crippen MR) is 80.0 cm³/mol. The number of hydrogen-bond donors (Lipinski definition) is 1. The Morgan fingerprint density at radius 2 is 1.75 bits per heavy atom. The van der Waals surface area contributed by atoms with Gasteiger partial charge in [0.25, 0.3) is 0 Å². The molecule has 6 heteroatoms. The topological polar surface area (TPSA) is 60.9 Å². The molecule has 2 heterocycles. The highest BCUT2D eigenvalue weighted by Crippen LogP contribution is 2.28. The zero-order valence-corrected chi connectivity index (χ0v) is 13.2. The fourth-order valence-electron chi connectivity index (χ4n) is 3.12. The summed E-state index contributed by atoms with van der Waals surface area (Å²) >= 11 is 1.89. The highest BCUT2D eigenvalue weighted by Gasteiger charge is 2.38. The average Bonchev–Trinajstić information content (AvgIpc) is 2.36. The second kappa shape index (κ2) is 6.24. The van der Waals surface area contributed by atoms with E-state index in [4.69, 9.17) is 0 Å². The van der Waals surface area contributed by atoms with Gasteiger partial charge in [-0.05, 0) is 18.8 Å². The van der Waals surface area contributed by atoms with Crippen LogP contribution < -0.4 is 0 Å². The molecule has 0 aromatic rings. The number of aliphatic carboxylic acids is 1. The Labute approximate surface area is 124 Å². The van der Waals surface area contributed by atoms with E-state index in [-0.39, 0.29) is 6.03 Å². The van der Waals surface area contributed by atoms with E-state index in [1.807, 2.05) is 16.7 Å². The fourth-order valence-corrected chi connectivity index (χ4v) is 4.45. The Kier molecular flexibility index (Phi) is 4.83. The Balaban J connectivity index is 2.08.